The molecule has 2 aromatic rings. The van der Waals surface area contributed by atoms with Crippen LogP contribution >= 0.6 is 11.8 Å². The van der Waals surface area contributed by atoms with Crippen LogP contribution in [0.4, 0.5) is 11.4 Å². The minimum absolute atomic E-state index is 0.142. The Hall–Kier alpha value is -2.47. The molecule has 0 fully saturated rings. The van der Waals surface area contributed by atoms with Crippen LogP contribution in [-0.4, -0.2) is 23.6 Å². The summed E-state index contributed by atoms with van der Waals surface area (Å²) >= 11 is 1.63. The van der Waals surface area contributed by atoms with Crippen molar-refractivity contribution in [1.29, 1.82) is 0 Å². The fourth-order valence-corrected chi connectivity index (χ4v) is 4.49. The normalized spacial score (nSPS) is 18.4. The first-order valence-electron chi connectivity index (χ1n) is 9.68. The molecule has 3 rings (SSSR count). The van der Waals surface area contributed by atoms with Crippen LogP contribution in [0.5, 0.6) is 0 Å². The minimum Gasteiger partial charge on any atom is -0.378 e. The molecule has 0 aliphatic carbocycles. The molecule has 0 unspecified atom stereocenters. The molecule has 1 aliphatic heterocycles. The molecule has 0 radical (unpaired) electrons. The summed E-state index contributed by atoms with van der Waals surface area (Å²) in [6, 6.07) is 16.7. The van der Waals surface area contributed by atoms with Crippen LogP contribution in [0.3, 0.4) is 0 Å². The largest absolute Gasteiger partial charge is 0.378 e. The van der Waals surface area contributed by atoms with Gasteiger partial charge in [0.1, 0.15) is 0 Å². The Morgan fingerprint density at radius 1 is 1.18 bits per heavy atom. The standard InChI is InChI=1S/C22H27N3O2S/c1-3-22(27)25-15(2)14-19(18-6-4-5-7-20(18)25)24-16-8-10-17(11-9-16)28-13-12-21(23)26/h4-11,15,19,24H,3,12-14H2,1-2H3,(H2,23,26)/t15-,19+/m0/s1. The van der Waals surface area contributed by atoms with Crippen molar-refractivity contribution in [3.63, 3.8) is 0 Å². The molecule has 0 aromatic heterocycles. The number of anilines is 2. The van der Waals surface area contributed by atoms with E-state index in [9.17, 15) is 9.59 Å². The molecule has 0 saturated carbocycles. The maximum absolute atomic E-state index is 12.4. The van der Waals surface area contributed by atoms with Crippen LogP contribution in [0.25, 0.3) is 0 Å². The van der Waals surface area contributed by atoms with E-state index in [1.807, 2.05) is 30.0 Å². The van der Waals surface area contributed by atoms with E-state index in [4.69, 9.17) is 5.73 Å². The Morgan fingerprint density at radius 2 is 1.89 bits per heavy atom. The molecule has 3 N–H and O–H groups in total. The third-order valence-corrected chi connectivity index (χ3v) is 5.99. The van der Waals surface area contributed by atoms with Crippen molar-refractivity contribution >= 4 is 35.0 Å². The third kappa shape index (κ3) is 4.68. The van der Waals surface area contributed by atoms with Gasteiger partial charge < -0.3 is 16.0 Å². The Balaban J connectivity index is 1.73. The van der Waals surface area contributed by atoms with E-state index in [2.05, 4.69) is 42.6 Å². The lowest BCUT2D eigenvalue weighted by molar-refractivity contribution is -0.119. The zero-order valence-electron chi connectivity index (χ0n) is 16.4. The van der Waals surface area contributed by atoms with Gasteiger partial charge in [-0.05, 0) is 49.2 Å². The zero-order chi connectivity index (χ0) is 20.1. The second-order valence-corrected chi connectivity index (χ2v) is 8.22. The van der Waals surface area contributed by atoms with E-state index in [1.54, 1.807) is 11.8 Å². The molecule has 2 aromatic carbocycles. The quantitative estimate of drug-likeness (QED) is 0.682. The molecule has 0 bridgehead atoms. The highest BCUT2D eigenvalue weighted by Crippen LogP contribution is 2.39. The molecule has 2 atom stereocenters. The summed E-state index contributed by atoms with van der Waals surface area (Å²) in [6.45, 7) is 4.02. The van der Waals surface area contributed by atoms with Gasteiger partial charge in [-0.15, -0.1) is 11.8 Å². The average Bonchev–Trinajstić information content (AvgIpc) is 2.68. The number of primary amides is 1. The van der Waals surface area contributed by atoms with E-state index >= 15 is 0 Å². The van der Waals surface area contributed by atoms with Gasteiger partial charge in [0.25, 0.3) is 0 Å². The molecule has 28 heavy (non-hydrogen) atoms. The van der Waals surface area contributed by atoms with Crippen LogP contribution in [0, 0.1) is 0 Å². The topological polar surface area (TPSA) is 75.4 Å². The highest BCUT2D eigenvalue weighted by atomic mass is 32.2. The maximum Gasteiger partial charge on any atom is 0.226 e. The number of carbonyl (C=O) groups is 2. The maximum atomic E-state index is 12.4. The summed E-state index contributed by atoms with van der Waals surface area (Å²) in [4.78, 5) is 26.3. The number of hydrogen-bond donors (Lipinski definition) is 2. The summed E-state index contributed by atoms with van der Waals surface area (Å²) in [6.07, 6.45) is 1.75. The van der Waals surface area contributed by atoms with Crippen molar-refractivity contribution in [2.24, 2.45) is 5.73 Å². The van der Waals surface area contributed by atoms with Gasteiger partial charge >= 0.3 is 0 Å². The van der Waals surface area contributed by atoms with E-state index < -0.39 is 0 Å². The first kappa shape index (κ1) is 20.3. The van der Waals surface area contributed by atoms with Crippen molar-refractivity contribution < 1.29 is 9.59 Å². The number of nitrogens with one attached hydrogen (secondary N) is 1. The van der Waals surface area contributed by atoms with E-state index in [-0.39, 0.29) is 23.9 Å². The van der Waals surface area contributed by atoms with Crippen molar-refractivity contribution in [2.75, 3.05) is 16.0 Å². The van der Waals surface area contributed by atoms with E-state index in [0.29, 0.717) is 18.6 Å². The van der Waals surface area contributed by atoms with Gasteiger partial charge in [-0.25, -0.2) is 0 Å². The highest BCUT2D eigenvalue weighted by Gasteiger charge is 2.32. The number of nitrogens with zero attached hydrogens (tertiary/aromatic N) is 1. The monoisotopic (exact) mass is 397 g/mol. The predicted molar refractivity (Wildman–Crippen MR) is 116 cm³/mol. The predicted octanol–water partition coefficient (Wildman–Crippen LogP) is 4.34. The van der Waals surface area contributed by atoms with Crippen molar-refractivity contribution in [3.05, 3.63) is 54.1 Å². The van der Waals surface area contributed by atoms with Gasteiger partial charge in [0.15, 0.2) is 0 Å². The number of para-hydroxylation sites is 1. The number of fused-ring (bicyclic) bond motifs is 1. The van der Waals surface area contributed by atoms with Gasteiger partial charge in [0.2, 0.25) is 11.8 Å². The SMILES string of the molecule is CCC(=O)N1c2ccccc2[C@H](Nc2ccc(SCCC(N)=O)cc2)C[C@@H]1C. The van der Waals surface area contributed by atoms with E-state index in [0.717, 1.165) is 28.3 Å². The second-order valence-electron chi connectivity index (χ2n) is 7.05. The number of thioether (sulfide) groups is 1. The van der Waals surface area contributed by atoms with Gasteiger partial charge in [-0.1, -0.05) is 25.1 Å². The lowest BCUT2D eigenvalue weighted by Crippen LogP contribution is -2.44. The first-order valence-corrected chi connectivity index (χ1v) is 10.7. The molecule has 2 amide bonds. The van der Waals surface area contributed by atoms with Crippen LogP contribution in [0.1, 0.15) is 44.7 Å². The number of carbonyl (C=O) groups excluding carboxylic acids is 2. The number of nitrogens with two attached hydrogens (primary N) is 1. The van der Waals surface area contributed by atoms with Gasteiger partial charge in [0, 0.05) is 40.9 Å². The van der Waals surface area contributed by atoms with Crippen LogP contribution < -0.4 is 16.0 Å². The third-order valence-electron chi connectivity index (χ3n) is 4.97. The van der Waals surface area contributed by atoms with Crippen LogP contribution in [-0.2, 0) is 9.59 Å². The minimum atomic E-state index is -0.272. The number of amides is 2. The summed E-state index contributed by atoms with van der Waals surface area (Å²) in [7, 11) is 0. The smallest absolute Gasteiger partial charge is 0.226 e. The molecule has 6 heteroatoms. The van der Waals surface area contributed by atoms with Gasteiger partial charge in [-0.2, -0.15) is 0 Å². The van der Waals surface area contributed by atoms with Gasteiger partial charge in [0.05, 0.1) is 6.04 Å². The average molecular weight is 398 g/mol. The number of benzene rings is 2. The van der Waals surface area contributed by atoms with E-state index in [1.165, 1.54) is 0 Å². The molecule has 1 heterocycles. The molecule has 148 valence electrons. The molecule has 0 saturated heterocycles. The first-order chi connectivity index (χ1) is 13.5. The fraction of sp³-hybridized carbons (Fsp3) is 0.364. The number of hydrogen-bond acceptors (Lipinski definition) is 4. The summed E-state index contributed by atoms with van der Waals surface area (Å²) in [5.74, 6) is 0.582. The summed E-state index contributed by atoms with van der Waals surface area (Å²) < 4.78 is 0. The van der Waals surface area contributed by atoms with Gasteiger partial charge in [-0.3, -0.25) is 9.59 Å². The highest BCUT2D eigenvalue weighted by molar-refractivity contribution is 7.99. The van der Waals surface area contributed by atoms with Crippen LogP contribution in [0.2, 0.25) is 0 Å². The Labute approximate surface area is 170 Å². The lowest BCUT2D eigenvalue weighted by atomic mass is 9.91. The fourth-order valence-electron chi connectivity index (χ4n) is 3.62. The summed E-state index contributed by atoms with van der Waals surface area (Å²) in [5.41, 5.74) is 8.39. The molecule has 5 nitrogen and oxygen atoms in total. The molecular formula is C22H27N3O2S. The Morgan fingerprint density at radius 3 is 2.57 bits per heavy atom. The van der Waals surface area contributed by atoms with Crippen molar-refractivity contribution in [2.45, 2.75) is 50.1 Å². The molecule has 1 aliphatic rings. The zero-order valence-corrected chi connectivity index (χ0v) is 17.2. The van der Waals surface area contributed by atoms with Crippen LogP contribution in [0.15, 0.2) is 53.4 Å². The van der Waals surface area contributed by atoms with Crippen molar-refractivity contribution in [3.8, 4) is 0 Å². The second kappa shape index (κ2) is 9.15. The number of rotatable bonds is 7. The van der Waals surface area contributed by atoms with Crippen molar-refractivity contribution in [1.82, 2.24) is 0 Å². The molecule has 0 spiro atoms. The molecular weight excluding hydrogens is 370 g/mol. The Kier molecular flexibility index (Phi) is 6.62. The Bertz CT molecular complexity index is 838. The summed E-state index contributed by atoms with van der Waals surface area (Å²) in [5, 5.41) is 3.63. The lowest BCUT2D eigenvalue weighted by Gasteiger charge is -2.40.